The van der Waals surface area contributed by atoms with Crippen LogP contribution in [0.2, 0.25) is 0 Å². The maximum absolute atomic E-state index is 11.4. The van der Waals surface area contributed by atoms with Crippen LogP contribution in [0.1, 0.15) is 40.5 Å². The van der Waals surface area contributed by atoms with Gasteiger partial charge in [0.1, 0.15) is 5.60 Å². The minimum atomic E-state index is -0.769. The number of alkyl carbamates (subject to hydrolysis) is 1. The summed E-state index contributed by atoms with van der Waals surface area (Å²) in [5, 5.41) is 15.8. The van der Waals surface area contributed by atoms with Gasteiger partial charge in [-0.3, -0.25) is 0 Å². The second-order valence-corrected chi connectivity index (χ2v) is 6.20. The summed E-state index contributed by atoms with van der Waals surface area (Å²) >= 11 is 0. The Morgan fingerprint density at radius 2 is 1.85 bits per heavy atom. The van der Waals surface area contributed by atoms with Crippen molar-refractivity contribution in [2.45, 2.75) is 51.7 Å². The Morgan fingerprint density at radius 3 is 2.40 bits per heavy atom. The van der Waals surface area contributed by atoms with Gasteiger partial charge in [-0.05, 0) is 40.7 Å². The number of carbonyl (C=O) groups is 1. The number of hydrogen-bond donors (Lipinski definition) is 3. The molecule has 0 spiro atoms. The van der Waals surface area contributed by atoms with E-state index in [1.807, 2.05) is 20.8 Å². The zero-order valence-electron chi connectivity index (χ0n) is 13.4. The lowest BCUT2D eigenvalue weighted by Crippen LogP contribution is -2.40. The van der Waals surface area contributed by atoms with Crippen molar-refractivity contribution in [2.24, 2.45) is 0 Å². The number of ether oxygens (including phenoxy) is 2. The van der Waals surface area contributed by atoms with Crippen LogP contribution in [0.25, 0.3) is 0 Å². The number of amides is 1. The highest BCUT2D eigenvalue weighted by Gasteiger charge is 2.19. The highest BCUT2D eigenvalue weighted by Crippen LogP contribution is 2.07. The zero-order chi connectivity index (χ0) is 15.6. The molecule has 0 heterocycles. The minimum absolute atomic E-state index is 0.399. The Balaban J connectivity index is 3.56. The smallest absolute Gasteiger partial charge is 0.407 e. The molecule has 6 heteroatoms. The Bertz CT molecular complexity index is 275. The highest BCUT2D eigenvalue weighted by atomic mass is 16.6. The first-order chi connectivity index (χ1) is 9.16. The number of hydrogen-bond acceptors (Lipinski definition) is 5. The largest absolute Gasteiger partial charge is 0.444 e. The number of carbonyl (C=O) groups excluding carboxylic acids is 1. The van der Waals surface area contributed by atoms with Gasteiger partial charge in [-0.2, -0.15) is 0 Å². The lowest BCUT2D eigenvalue weighted by atomic mass is 10.0. The van der Waals surface area contributed by atoms with Crippen molar-refractivity contribution in [1.82, 2.24) is 10.6 Å². The lowest BCUT2D eigenvalue weighted by Gasteiger charge is -2.23. The molecular formula is C14H30N2O4. The average molecular weight is 290 g/mol. The van der Waals surface area contributed by atoms with Crippen LogP contribution in [0, 0.1) is 0 Å². The standard InChI is InChI=1S/C14H30N2O4/c1-13(2,3)20-12(17)16-9-6-8-15-11-14(4,18)7-10-19-5/h15,18H,6-11H2,1-5H3,(H,16,17). The summed E-state index contributed by atoms with van der Waals surface area (Å²) in [6, 6.07) is 0. The van der Waals surface area contributed by atoms with Crippen LogP contribution >= 0.6 is 0 Å². The number of nitrogens with one attached hydrogen (secondary N) is 2. The molecule has 20 heavy (non-hydrogen) atoms. The fraction of sp³-hybridized carbons (Fsp3) is 0.929. The summed E-state index contributed by atoms with van der Waals surface area (Å²) in [5.41, 5.74) is -1.24. The predicted molar refractivity (Wildman–Crippen MR) is 78.8 cm³/mol. The first-order valence-corrected chi connectivity index (χ1v) is 7.05. The second-order valence-electron chi connectivity index (χ2n) is 6.20. The van der Waals surface area contributed by atoms with Crippen molar-refractivity contribution >= 4 is 6.09 Å². The lowest BCUT2D eigenvalue weighted by molar-refractivity contribution is 0.0249. The van der Waals surface area contributed by atoms with Crippen LogP contribution in [-0.2, 0) is 9.47 Å². The van der Waals surface area contributed by atoms with Crippen molar-refractivity contribution in [3.8, 4) is 0 Å². The van der Waals surface area contributed by atoms with E-state index in [0.29, 0.717) is 26.1 Å². The molecule has 1 amide bonds. The molecule has 1 unspecified atom stereocenters. The topological polar surface area (TPSA) is 79.8 Å². The number of aliphatic hydroxyl groups is 1. The van der Waals surface area contributed by atoms with Gasteiger partial charge < -0.3 is 25.2 Å². The quantitative estimate of drug-likeness (QED) is 0.557. The third kappa shape index (κ3) is 12.2. The monoisotopic (exact) mass is 290 g/mol. The van der Waals surface area contributed by atoms with E-state index in [1.165, 1.54) is 0 Å². The van der Waals surface area contributed by atoms with Crippen molar-refractivity contribution in [3.05, 3.63) is 0 Å². The summed E-state index contributed by atoms with van der Waals surface area (Å²) in [6.07, 6.45) is 0.969. The Hall–Kier alpha value is -0.850. The van der Waals surface area contributed by atoms with Crippen LogP contribution in [0.3, 0.4) is 0 Å². The van der Waals surface area contributed by atoms with Gasteiger partial charge in [0.05, 0.1) is 5.60 Å². The summed E-state index contributed by atoms with van der Waals surface area (Å²) in [6.45, 7) is 9.57. The molecule has 0 aliphatic heterocycles. The van der Waals surface area contributed by atoms with Crippen LogP contribution in [-0.4, -0.2) is 55.8 Å². The van der Waals surface area contributed by atoms with Gasteiger partial charge in [0.15, 0.2) is 0 Å². The van der Waals surface area contributed by atoms with Crippen molar-refractivity contribution in [2.75, 3.05) is 33.4 Å². The second kappa shape index (κ2) is 9.15. The van der Waals surface area contributed by atoms with E-state index in [2.05, 4.69) is 10.6 Å². The van der Waals surface area contributed by atoms with E-state index < -0.39 is 17.3 Å². The molecule has 0 saturated heterocycles. The van der Waals surface area contributed by atoms with Crippen LogP contribution in [0.4, 0.5) is 4.79 Å². The molecule has 0 aliphatic carbocycles. The number of methoxy groups -OCH3 is 1. The summed E-state index contributed by atoms with van der Waals surface area (Å²) in [5.74, 6) is 0. The van der Waals surface area contributed by atoms with Crippen molar-refractivity contribution in [1.29, 1.82) is 0 Å². The molecule has 0 rings (SSSR count). The molecule has 0 fully saturated rings. The van der Waals surface area contributed by atoms with Gasteiger partial charge in [0.25, 0.3) is 0 Å². The molecule has 6 nitrogen and oxygen atoms in total. The normalized spacial score (nSPS) is 14.7. The third-order valence-electron chi connectivity index (χ3n) is 2.55. The van der Waals surface area contributed by atoms with Crippen molar-refractivity contribution < 1.29 is 19.4 Å². The molecule has 0 radical (unpaired) electrons. The molecule has 0 bridgehead atoms. The van der Waals surface area contributed by atoms with Gasteiger partial charge in [-0.25, -0.2) is 4.79 Å². The van der Waals surface area contributed by atoms with Gasteiger partial charge in [-0.1, -0.05) is 0 Å². The maximum atomic E-state index is 11.4. The molecule has 0 aromatic carbocycles. The van der Waals surface area contributed by atoms with E-state index in [0.717, 1.165) is 13.0 Å². The summed E-state index contributed by atoms with van der Waals surface area (Å²) in [7, 11) is 1.62. The van der Waals surface area contributed by atoms with Gasteiger partial charge >= 0.3 is 6.09 Å². The molecule has 0 aromatic rings. The van der Waals surface area contributed by atoms with E-state index in [9.17, 15) is 9.90 Å². The van der Waals surface area contributed by atoms with Crippen LogP contribution in [0.5, 0.6) is 0 Å². The van der Waals surface area contributed by atoms with Gasteiger partial charge in [0.2, 0.25) is 0 Å². The van der Waals surface area contributed by atoms with E-state index in [1.54, 1.807) is 14.0 Å². The molecule has 3 N–H and O–H groups in total. The molecule has 0 aromatic heterocycles. The van der Waals surface area contributed by atoms with Gasteiger partial charge in [0, 0.05) is 33.2 Å². The molecule has 0 aliphatic rings. The molecular weight excluding hydrogens is 260 g/mol. The average Bonchev–Trinajstić information content (AvgIpc) is 2.29. The third-order valence-corrected chi connectivity index (χ3v) is 2.55. The maximum Gasteiger partial charge on any atom is 0.407 e. The van der Waals surface area contributed by atoms with Crippen molar-refractivity contribution in [3.63, 3.8) is 0 Å². The van der Waals surface area contributed by atoms with Gasteiger partial charge in [-0.15, -0.1) is 0 Å². The van der Waals surface area contributed by atoms with Crippen LogP contribution in [0.15, 0.2) is 0 Å². The molecule has 1 atom stereocenters. The fourth-order valence-corrected chi connectivity index (χ4v) is 1.49. The summed E-state index contributed by atoms with van der Waals surface area (Å²) in [4.78, 5) is 11.4. The predicted octanol–water partition coefficient (Wildman–Crippen LogP) is 1.28. The molecule has 0 saturated carbocycles. The Morgan fingerprint density at radius 1 is 1.20 bits per heavy atom. The Labute approximate surface area is 122 Å². The minimum Gasteiger partial charge on any atom is -0.444 e. The Kier molecular flexibility index (Phi) is 8.76. The first-order valence-electron chi connectivity index (χ1n) is 7.05. The summed E-state index contributed by atoms with van der Waals surface area (Å²) < 4.78 is 10.1. The SMILES string of the molecule is COCCC(C)(O)CNCCCNC(=O)OC(C)(C)C. The first kappa shape index (κ1) is 19.1. The van der Waals surface area contributed by atoms with E-state index in [4.69, 9.17) is 9.47 Å². The highest BCUT2D eigenvalue weighted by molar-refractivity contribution is 5.67. The van der Waals surface area contributed by atoms with E-state index >= 15 is 0 Å². The zero-order valence-corrected chi connectivity index (χ0v) is 13.4. The molecule has 120 valence electrons. The van der Waals surface area contributed by atoms with E-state index in [-0.39, 0.29) is 0 Å². The number of rotatable bonds is 9. The fourth-order valence-electron chi connectivity index (χ4n) is 1.49. The van der Waals surface area contributed by atoms with Crippen LogP contribution < -0.4 is 10.6 Å².